The van der Waals surface area contributed by atoms with Crippen molar-refractivity contribution >= 4 is 23.0 Å². The first-order valence-electron chi connectivity index (χ1n) is 10.4. The second kappa shape index (κ2) is 8.98. The van der Waals surface area contributed by atoms with Crippen molar-refractivity contribution < 1.29 is 9.59 Å². The SMILES string of the molecule is Cc1nc2ccccc2n1CCNC(=O)NCc1cccc(CN2CCCC2=O)c1. The zero-order valence-electron chi connectivity index (χ0n) is 17.2. The molecule has 0 spiro atoms. The normalized spacial score (nSPS) is 13.8. The lowest BCUT2D eigenvalue weighted by Crippen LogP contribution is -2.36. The summed E-state index contributed by atoms with van der Waals surface area (Å²) in [6, 6.07) is 15.8. The van der Waals surface area contributed by atoms with Gasteiger partial charge in [0.25, 0.3) is 0 Å². The van der Waals surface area contributed by atoms with Crippen molar-refractivity contribution in [1.82, 2.24) is 25.1 Å². The van der Waals surface area contributed by atoms with Gasteiger partial charge in [-0.05, 0) is 36.6 Å². The molecule has 7 heteroatoms. The van der Waals surface area contributed by atoms with Crippen LogP contribution in [-0.4, -0.2) is 39.5 Å². The van der Waals surface area contributed by atoms with Gasteiger partial charge in [0.15, 0.2) is 0 Å². The molecule has 1 fully saturated rings. The molecule has 1 aromatic heterocycles. The number of aromatic nitrogens is 2. The number of nitrogens with zero attached hydrogens (tertiary/aromatic N) is 3. The predicted molar refractivity (Wildman–Crippen MR) is 116 cm³/mol. The fourth-order valence-corrected chi connectivity index (χ4v) is 3.93. The number of urea groups is 1. The highest BCUT2D eigenvalue weighted by molar-refractivity contribution is 5.78. The van der Waals surface area contributed by atoms with E-state index in [9.17, 15) is 9.59 Å². The molecular weight excluding hydrogens is 378 g/mol. The molecule has 0 atom stereocenters. The highest BCUT2D eigenvalue weighted by Gasteiger charge is 2.19. The van der Waals surface area contributed by atoms with Crippen molar-refractivity contribution in [2.75, 3.05) is 13.1 Å². The molecule has 2 aromatic carbocycles. The van der Waals surface area contributed by atoms with E-state index in [1.807, 2.05) is 60.4 Å². The van der Waals surface area contributed by atoms with Gasteiger partial charge in [-0.1, -0.05) is 36.4 Å². The Morgan fingerprint density at radius 3 is 2.77 bits per heavy atom. The Balaban J connectivity index is 1.25. The number of fused-ring (bicyclic) bond motifs is 1. The van der Waals surface area contributed by atoms with Crippen LogP contribution in [0.3, 0.4) is 0 Å². The Morgan fingerprint density at radius 1 is 1.10 bits per heavy atom. The van der Waals surface area contributed by atoms with Gasteiger partial charge in [-0.15, -0.1) is 0 Å². The van der Waals surface area contributed by atoms with Crippen LogP contribution < -0.4 is 10.6 Å². The van der Waals surface area contributed by atoms with Gasteiger partial charge in [0.05, 0.1) is 11.0 Å². The standard InChI is InChI=1S/C23H27N5O2/c1-17-26-20-8-2-3-9-21(20)28(17)13-11-24-23(30)25-15-18-6-4-7-19(14-18)16-27-12-5-10-22(27)29/h2-4,6-9,14H,5,10-13,15-16H2,1H3,(H2,24,25,30). The highest BCUT2D eigenvalue weighted by Crippen LogP contribution is 2.16. The number of nitrogens with one attached hydrogen (secondary N) is 2. The molecular formula is C23H27N5O2. The molecule has 0 saturated carbocycles. The molecule has 0 aliphatic carbocycles. The van der Waals surface area contributed by atoms with Crippen LogP contribution in [0, 0.1) is 6.92 Å². The number of carbonyl (C=O) groups excluding carboxylic acids is 2. The lowest BCUT2D eigenvalue weighted by atomic mass is 10.1. The molecule has 0 bridgehead atoms. The number of hydrogen-bond donors (Lipinski definition) is 2. The van der Waals surface area contributed by atoms with Crippen LogP contribution in [0.4, 0.5) is 4.79 Å². The van der Waals surface area contributed by atoms with Gasteiger partial charge in [0.1, 0.15) is 5.82 Å². The maximum atomic E-state index is 12.2. The van der Waals surface area contributed by atoms with Crippen molar-refractivity contribution in [2.45, 2.75) is 39.4 Å². The summed E-state index contributed by atoms with van der Waals surface area (Å²) in [5.74, 6) is 1.16. The molecule has 0 unspecified atom stereocenters. The summed E-state index contributed by atoms with van der Waals surface area (Å²) < 4.78 is 2.11. The van der Waals surface area contributed by atoms with Crippen molar-refractivity contribution in [3.05, 3.63) is 65.5 Å². The third-order valence-electron chi connectivity index (χ3n) is 5.46. The maximum Gasteiger partial charge on any atom is 0.315 e. The molecule has 1 saturated heterocycles. The van der Waals surface area contributed by atoms with E-state index in [1.165, 1.54) is 0 Å². The van der Waals surface area contributed by atoms with Gasteiger partial charge in [-0.3, -0.25) is 4.79 Å². The first-order chi connectivity index (χ1) is 14.6. The lowest BCUT2D eigenvalue weighted by Gasteiger charge is -2.16. The Morgan fingerprint density at radius 2 is 1.93 bits per heavy atom. The number of hydrogen-bond acceptors (Lipinski definition) is 3. The molecule has 4 rings (SSSR count). The number of aryl methyl sites for hydroxylation is 1. The van der Waals surface area contributed by atoms with E-state index in [0.717, 1.165) is 41.0 Å². The minimum absolute atomic E-state index is 0.197. The maximum absolute atomic E-state index is 12.2. The zero-order valence-corrected chi connectivity index (χ0v) is 17.2. The van der Waals surface area contributed by atoms with Crippen LogP contribution in [0.15, 0.2) is 48.5 Å². The fraction of sp³-hybridized carbons (Fsp3) is 0.348. The van der Waals surface area contributed by atoms with Gasteiger partial charge in [0, 0.05) is 39.1 Å². The van der Waals surface area contributed by atoms with Crippen molar-refractivity contribution in [3.63, 3.8) is 0 Å². The summed E-state index contributed by atoms with van der Waals surface area (Å²) in [5.41, 5.74) is 4.15. The number of rotatable bonds is 7. The monoisotopic (exact) mass is 405 g/mol. The van der Waals surface area contributed by atoms with E-state index >= 15 is 0 Å². The van der Waals surface area contributed by atoms with E-state index < -0.39 is 0 Å². The average molecular weight is 406 g/mol. The lowest BCUT2D eigenvalue weighted by molar-refractivity contribution is -0.128. The third kappa shape index (κ3) is 4.62. The molecule has 1 aliphatic heterocycles. The second-order valence-electron chi connectivity index (χ2n) is 7.65. The Labute approximate surface area is 176 Å². The summed E-state index contributed by atoms with van der Waals surface area (Å²) in [6.45, 7) is 5.07. The van der Waals surface area contributed by atoms with Crippen molar-refractivity contribution in [1.29, 1.82) is 0 Å². The van der Waals surface area contributed by atoms with Gasteiger partial charge < -0.3 is 20.1 Å². The molecule has 2 N–H and O–H groups in total. The van der Waals surface area contributed by atoms with E-state index in [-0.39, 0.29) is 11.9 Å². The van der Waals surface area contributed by atoms with E-state index in [2.05, 4.69) is 20.2 Å². The number of benzene rings is 2. The highest BCUT2D eigenvalue weighted by atomic mass is 16.2. The minimum Gasteiger partial charge on any atom is -0.338 e. The van der Waals surface area contributed by atoms with E-state index in [4.69, 9.17) is 0 Å². The fourth-order valence-electron chi connectivity index (χ4n) is 3.93. The second-order valence-corrected chi connectivity index (χ2v) is 7.65. The van der Waals surface area contributed by atoms with Crippen molar-refractivity contribution in [2.24, 2.45) is 0 Å². The van der Waals surface area contributed by atoms with Gasteiger partial charge in [0.2, 0.25) is 5.91 Å². The van der Waals surface area contributed by atoms with Crippen LogP contribution >= 0.6 is 0 Å². The smallest absolute Gasteiger partial charge is 0.315 e. The molecule has 1 aliphatic rings. The summed E-state index contributed by atoms with van der Waals surface area (Å²) in [4.78, 5) is 30.4. The molecule has 156 valence electrons. The van der Waals surface area contributed by atoms with Crippen LogP contribution in [0.5, 0.6) is 0 Å². The summed E-state index contributed by atoms with van der Waals surface area (Å²) in [5, 5.41) is 5.82. The number of amides is 3. The molecule has 30 heavy (non-hydrogen) atoms. The van der Waals surface area contributed by atoms with Gasteiger partial charge in [-0.25, -0.2) is 9.78 Å². The Bertz CT molecular complexity index is 1060. The molecule has 3 amide bonds. The van der Waals surface area contributed by atoms with Crippen LogP contribution in [0.2, 0.25) is 0 Å². The van der Waals surface area contributed by atoms with E-state index in [1.54, 1.807) is 0 Å². The molecule has 2 heterocycles. The number of para-hydroxylation sites is 2. The predicted octanol–water partition coefficient (Wildman–Crippen LogP) is 2.97. The van der Waals surface area contributed by atoms with Crippen LogP contribution in [0.25, 0.3) is 11.0 Å². The van der Waals surface area contributed by atoms with E-state index in [0.29, 0.717) is 32.6 Å². The summed E-state index contributed by atoms with van der Waals surface area (Å²) >= 11 is 0. The van der Waals surface area contributed by atoms with Gasteiger partial charge in [-0.2, -0.15) is 0 Å². The molecule has 3 aromatic rings. The molecule has 0 radical (unpaired) electrons. The number of likely N-dealkylation sites (tertiary alicyclic amines) is 1. The molecule has 7 nitrogen and oxygen atoms in total. The summed E-state index contributed by atoms with van der Waals surface area (Å²) in [7, 11) is 0. The van der Waals surface area contributed by atoms with Gasteiger partial charge >= 0.3 is 6.03 Å². The Hall–Kier alpha value is -3.35. The third-order valence-corrected chi connectivity index (χ3v) is 5.46. The zero-order chi connectivity index (χ0) is 20.9. The quantitative estimate of drug-likeness (QED) is 0.634. The van der Waals surface area contributed by atoms with Crippen LogP contribution in [0.1, 0.15) is 29.8 Å². The average Bonchev–Trinajstić information content (AvgIpc) is 3.29. The first-order valence-corrected chi connectivity index (χ1v) is 10.4. The summed E-state index contributed by atoms with van der Waals surface area (Å²) in [6.07, 6.45) is 1.59. The minimum atomic E-state index is -0.197. The van der Waals surface area contributed by atoms with Crippen molar-refractivity contribution in [3.8, 4) is 0 Å². The first kappa shape index (κ1) is 19.9. The topological polar surface area (TPSA) is 79.3 Å². The number of carbonyl (C=O) groups is 2. The van der Waals surface area contributed by atoms with Crippen LogP contribution in [-0.2, 0) is 24.4 Å². The Kier molecular flexibility index (Phi) is 5.97. The number of imidazole rings is 1. The largest absolute Gasteiger partial charge is 0.338 e.